The lowest BCUT2D eigenvalue weighted by atomic mass is 9.75. The van der Waals surface area contributed by atoms with E-state index in [4.69, 9.17) is 26.1 Å². The first kappa shape index (κ1) is 24.6. The van der Waals surface area contributed by atoms with Crippen LogP contribution in [0.2, 0.25) is 5.02 Å². The number of hydrogen-bond acceptors (Lipinski definition) is 8. The molecule has 0 aliphatic carbocycles. The van der Waals surface area contributed by atoms with Gasteiger partial charge in [-0.3, -0.25) is 9.79 Å². The number of ether oxygens (including phenoxy) is 2. The minimum Gasteiger partial charge on any atom is -0.468 e. The number of benzene rings is 2. The molecule has 7 nitrogen and oxygen atoms in total. The van der Waals surface area contributed by atoms with Crippen LogP contribution in [0.4, 0.5) is 10.8 Å². The van der Waals surface area contributed by atoms with Crippen LogP contribution >= 0.6 is 22.9 Å². The summed E-state index contributed by atoms with van der Waals surface area (Å²) in [5.41, 5.74) is 4.54. The molecule has 0 amide bonds. The normalized spacial score (nSPS) is 17.6. The van der Waals surface area contributed by atoms with Crippen LogP contribution in [0.3, 0.4) is 0 Å². The third kappa shape index (κ3) is 4.99. The molecule has 2 unspecified atom stereocenters. The van der Waals surface area contributed by atoms with Crippen molar-refractivity contribution in [1.29, 1.82) is 0 Å². The van der Waals surface area contributed by atoms with Crippen molar-refractivity contribution in [3.8, 4) is 11.3 Å². The Kier molecular flexibility index (Phi) is 7.33. The standard InChI is InChI=1S/C26H24ClN3O4S/c1-14-21(24(31)33-3)23(22(15(2)28-14)25(32)34-4)18-10-5-6-11-19(18)29-26-30-20(13-35-26)16-8-7-9-17(27)12-16/h5-13,21,23H,1-4H3,(H,29,30). The molecule has 4 rings (SSSR count). The molecule has 35 heavy (non-hydrogen) atoms. The summed E-state index contributed by atoms with van der Waals surface area (Å²) in [5, 5.41) is 6.60. The van der Waals surface area contributed by atoms with Crippen molar-refractivity contribution in [2.45, 2.75) is 19.8 Å². The second-order valence-corrected chi connectivity index (χ2v) is 9.28. The number of aromatic nitrogens is 1. The molecule has 1 aromatic heterocycles. The second-order valence-electron chi connectivity index (χ2n) is 7.98. The second kappa shape index (κ2) is 10.4. The van der Waals surface area contributed by atoms with Crippen molar-refractivity contribution in [1.82, 2.24) is 4.98 Å². The number of nitrogens with one attached hydrogen (secondary N) is 1. The molecule has 3 aromatic rings. The summed E-state index contributed by atoms with van der Waals surface area (Å²) in [5.74, 6) is -2.44. The summed E-state index contributed by atoms with van der Waals surface area (Å²) in [6, 6.07) is 15.0. The average Bonchev–Trinajstić information content (AvgIpc) is 3.31. The zero-order valence-corrected chi connectivity index (χ0v) is 21.2. The fourth-order valence-electron chi connectivity index (χ4n) is 4.29. The van der Waals surface area contributed by atoms with Crippen molar-refractivity contribution in [3.63, 3.8) is 0 Å². The number of carbonyl (C=O) groups excluding carboxylic acids is 2. The Morgan fingerprint density at radius 3 is 2.54 bits per heavy atom. The van der Waals surface area contributed by atoms with Crippen LogP contribution in [-0.2, 0) is 19.1 Å². The third-order valence-corrected chi connectivity index (χ3v) is 6.84. The van der Waals surface area contributed by atoms with Crippen LogP contribution in [0.15, 0.2) is 70.2 Å². The smallest absolute Gasteiger partial charge is 0.336 e. The number of methoxy groups -OCH3 is 2. The molecular formula is C26H24ClN3O4S. The summed E-state index contributed by atoms with van der Waals surface area (Å²) in [4.78, 5) is 34.9. The van der Waals surface area contributed by atoms with Crippen molar-refractivity contribution in [3.05, 3.63) is 75.8 Å². The topological polar surface area (TPSA) is 89.9 Å². The van der Waals surface area contributed by atoms with Gasteiger partial charge in [0.2, 0.25) is 0 Å². The molecular weight excluding hydrogens is 486 g/mol. The largest absolute Gasteiger partial charge is 0.468 e. The van der Waals surface area contributed by atoms with Gasteiger partial charge in [0.15, 0.2) is 5.13 Å². The number of thiazole rings is 1. The van der Waals surface area contributed by atoms with Crippen LogP contribution in [-0.4, -0.2) is 36.9 Å². The van der Waals surface area contributed by atoms with E-state index in [-0.39, 0.29) is 0 Å². The molecule has 0 radical (unpaired) electrons. The van der Waals surface area contributed by atoms with Crippen LogP contribution in [0, 0.1) is 5.92 Å². The van der Waals surface area contributed by atoms with Gasteiger partial charge in [-0.25, -0.2) is 9.78 Å². The maximum absolute atomic E-state index is 12.9. The van der Waals surface area contributed by atoms with Crippen molar-refractivity contribution in [2.75, 3.05) is 19.5 Å². The lowest BCUT2D eigenvalue weighted by molar-refractivity contribution is -0.143. The summed E-state index contributed by atoms with van der Waals surface area (Å²) in [6.45, 7) is 3.50. The van der Waals surface area contributed by atoms with Crippen LogP contribution in [0.25, 0.3) is 11.3 Å². The maximum atomic E-state index is 12.9. The first-order valence-electron chi connectivity index (χ1n) is 10.8. The fourth-order valence-corrected chi connectivity index (χ4v) is 5.21. The molecule has 2 heterocycles. The van der Waals surface area contributed by atoms with E-state index in [0.717, 1.165) is 16.8 Å². The lowest BCUT2D eigenvalue weighted by Gasteiger charge is -2.32. The monoisotopic (exact) mass is 509 g/mol. The zero-order chi connectivity index (χ0) is 25.1. The molecule has 1 N–H and O–H groups in total. The number of nitrogens with zero attached hydrogens (tertiary/aromatic N) is 2. The van der Waals surface area contributed by atoms with Gasteiger partial charge in [0.05, 0.1) is 25.5 Å². The summed E-state index contributed by atoms with van der Waals surface area (Å²) in [7, 11) is 2.64. The quantitative estimate of drug-likeness (QED) is 0.410. The van der Waals surface area contributed by atoms with Crippen LogP contribution < -0.4 is 5.32 Å². The SMILES string of the molecule is COC(=O)C1=C(C)N=C(C)C(C(=O)OC)C1c1ccccc1Nc1nc(-c2cccc(Cl)c2)cs1. The van der Waals surface area contributed by atoms with Gasteiger partial charge in [0.25, 0.3) is 0 Å². The van der Waals surface area contributed by atoms with E-state index in [1.54, 1.807) is 13.8 Å². The van der Waals surface area contributed by atoms with E-state index in [1.165, 1.54) is 25.6 Å². The molecule has 0 spiro atoms. The Hall–Kier alpha value is -3.49. The van der Waals surface area contributed by atoms with Crippen molar-refractivity contribution >= 4 is 51.4 Å². The van der Waals surface area contributed by atoms with E-state index in [1.807, 2.05) is 53.9 Å². The highest BCUT2D eigenvalue weighted by molar-refractivity contribution is 7.14. The number of para-hydroxylation sites is 1. The Labute approximate surface area is 212 Å². The van der Waals surface area contributed by atoms with E-state index in [2.05, 4.69) is 10.3 Å². The van der Waals surface area contributed by atoms with Gasteiger partial charge in [0, 0.05) is 39.0 Å². The molecule has 0 fully saturated rings. The zero-order valence-electron chi connectivity index (χ0n) is 19.7. The van der Waals surface area contributed by atoms with E-state index >= 15 is 0 Å². The molecule has 180 valence electrons. The predicted molar refractivity (Wildman–Crippen MR) is 138 cm³/mol. The minimum absolute atomic E-state index is 0.321. The summed E-state index contributed by atoms with van der Waals surface area (Å²) in [6.07, 6.45) is 0. The van der Waals surface area contributed by atoms with Crippen molar-refractivity contribution in [2.24, 2.45) is 10.9 Å². The highest BCUT2D eigenvalue weighted by atomic mass is 35.5. The lowest BCUT2D eigenvalue weighted by Crippen LogP contribution is -2.36. The van der Waals surface area contributed by atoms with Gasteiger partial charge in [-0.15, -0.1) is 11.3 Å². The fraction of sp³-hybridized carbons (Fsp3) is 0.231. The number of carbonyl (C=O) groups is 2. The highest BCUT2D eigenvalue weighted by Crippen LogP contribution is 2.43. The van der Waals surface area contributed by atoms with E-state index in [0.29, 0.717) is 32.8 Å². The first-order valence-corrected chi connectivity index (χ1v) is 12.1. The molecule has 0 bridgehead atoms. The number of aliphatic imine (C=N–C) groups is 1. The Balaban J connectivity index is 1.77. The number of hydrogen-bond donors (Lipinski definition) is 1. The summed E-state index contributed by atoms with van der Waals surface area (Å²) < 4.78 is 10.2. The molecule has 1 aliphatic rings. The number of rotatable bonds is 6. The van der Waals surface area contributed by atoms with Crippen LogP contribution in [0.1, 0.15) is 25.3 Å². The highest BCUT2D eigenvalue weighted by Gasteiger charge is 2.43. The molecule has 0 saturated carbocycles. The number of allylic oxidation sites excluding steroid dienone is 1. The maximum Gasteiger partial charge on any atom is 0.336 e. The van der Waals surface area contributed by atoms with Gasteiger partial charge >= 0.3 is 11.9 Å². The number of anilines is 2. The van der Waals surface area contributed by atoms with Gasteiger partial charge < -0.3 is 14.8 Å². The molecule has 2 aromatic carbocycles. The van der Waals surface area contributed by atoms with Crippen molar-refractivity contribution < 1.29 is 19.1 Å². The van der Waals surface area contributed by atoms with Gasteiger partial charge in [-0.1, -0.05) is 41.9 Å². The number of halogens is 1. The predicted octanol–water partition coefficient (Wildman–Crippen LogP) is 6.00. The molecule has 1 aliphatic heterocycles. The first-order chi connectivity index (χ1) is 16.8. The van der Waals surface area contributed by atoms with Gasteiger partial charge in [-0.05, 0) is 37.6 Å². The van der Waals surface area contributed by atoms with Crippen LogP contribution in [0.5, 0.6) is 0 Å². The molecule has 2 atom stereocenters. The molecule has 0 saturated heterocycles. The number of esters is 2. The van der Waals surface area contributed by atoms with Gasteiger partial charge in [-0.2, -0.15) is 0 Å². The van der Waals surface area contributed by atoms with E-state index < -0.39 is 23.8 Å². The Morgan fingerprint density at radius 2 is 1.83 bits per heavy atom. The average molecular weight is 510 g/mol. The Bertz CT molecular complexity index is 1350. The van der Waals surface area contributed by atoms with Gasteiger partial charge in [0.1, 0.15) is 5.92 Å². The third-order valence-electron chi connectivity index (χ3n) is 5.85. The Morgan fingerprint density at radius 1 is 1.06 bits per heavy atom. The summed E-state index contributed by atoms with van der Waals surface area (Å²) >= 11 is 7.57. The minimum atomic E-state index is -0.779. The molecule has 9 heteroatoms. The van der Waals surface area contributed by atoms with E-state index in [9.17, 15) is 9.59 Å².